The van der Waals surface area contributed by atoms with E-state index in [2.05, 4.69) is 23.9 Å². The second-order valence-corrected chi connectivity index (χ2v) is 8.28. The van der Waals surface area contributed by atoms with Gasteiger partial charge in [-0.1, -0.05) is 32.8 Å². The maximum absolute atomic E-state index is 12.4. The van der Waals surface area contributed by atoms with Gasteiger partial charge in [-0.15, -0.1) is 0 Å². The Hall–Kier alpha value is -1.40. The molecular weight excluding hydrogens is 312 g/mol. The minimum Gasteiger partial charge on any atom is -0.352 e. The van der Waals surface area contributed by atoms with E-state index in [1.807, 2.05) is 0 Å². The minimum absolute atomic E-state index is 0.0172. The van der Waals surface area contributed by atoms with Crippen molar-refractivity contribution in [3.63, 3.8) is 0 Å². The maximum atomic E-state index is 12.4. The molecule has 1 fully saturated rings. The molecule has 1 aliphatic rings. The van der Waals surface area contributed by atoms with Gasteiger partial charge in [0.05, 0.1) is 4.90 Å². The first-order chi connectivity index (χ1) is 10.9. The quantitative estimate of drug-likeness (QED) is 0.802. The summed E-state index contributed by atoms with van der Waals surface area (Å²) in [6.45, 7) is 4.77. The van der Waals surface area contributed by atoms with Crippen molar-refractivity contribution in [2.75, 3.05) is 6.54 Å². The number of carbonyl (C=O) groups is 1. The van der Waals surface area contributed by atoms with Crippen LogP contribution < -0.4 is 10.0 Å². The molecule has 1 aromatic carbocycles. The van der Waals surface area contributed by atoms with Gasteiger partial charge in [0.2, 0.25) is 10.0 Å². The molecule has 0 heterocycles. The fourth-order valence-corrected chi connectivity index (χ4v) is 4.06. The van der Waals surface area contributed by atoms with E-state index in [0.717, 1.165) is 32.1 Å². The van der Waals surface area contributed by atoms with Gasteiger partial charge >= 0.3 is 0 Å². The van der Waals surface area contributed by atoms with Crippen LogP contribution in [0.4, 0.5) is 0 Å². The molecule has 0 radical (unpaired) electrons. The number of carbonyl (C=O) groups excluding carboxylic acids is 1. The molecule has 5 nitrogen and oxygen atoms in total. The van der Waals surface area contributed by atoms with Crippen molar-refractivity contribution in [1.82, 2.24) is 10.0 Å². The van der Waals surface area contributed by atoms with Gasteiger partial charge in [-0.3, -0.25) is 4.79 Å². The fraction of sp³-hybridized carbons (Fsp3) is 0.588. The summed E-state index contributed by atoms with van der Waals surface area (Å²) in [4.78, 5) is 12.3. The molecule has 0 aliphatic heterocycles. The van der Waals surface area contributed by atoms with Crippen molar-refractivity contribution in [2.45, 2.75) is 56.9 Å². The van der Waals surface area contributed by atoms with Crippen LogP contribution in [0.15, 0.2) is 29.2 Å². The van der Waals surface area contributed by atoms with Crippen LogP contribution in [-0.4, -0.2) is 26.9 Å². The van der Waals surface area contributed by atoms with Crippen LogP contribution in [0.25, 0.3) is 0 Å². The van der Waals surface area contributed by atoms with Crippen molar-refractivity contribution in [1.29, 1.82) is 0 Å². The second-order valence-electron chi connectivity index (χ2n) is 6.57. The van der Waals surface area contributed by atoms with E-state index in [4.69, 9.17) is 0 Å². The molecule has 0 saturated heterocycles. The summed E-state index contributed by atoms with van der Waals surface area (Å²) in [6.07, 6.45) is 4.78. The number of hydrogen-bond donors (Lipinski definition) is 2. The summed E-state index contributed by atoms with van der Waals surface area (Å²) in [6, 6.07) is 6.24. The number of rotatable bonds is 7. The highest BCUT2D eigenvalue weighted by Crippen LogP contribution is 2.20. The molecule has 0 aromatic heterocycles. The van der Waals surface area contributed by atoms with E-state index in [-0.39, 0.29) is 16.8 Å². The third kappa shape index (κ3) is 5.32. The average Bonchev–Trinajstić information content (AvgIpc) is 2.99. The zero-order chi connectivity index (χ0) is 16.9. The molecule has 23 heavy (non-hydrogen) atoms. The van der Waals surface area contributed by atoms with Crippen LogP contribution in [0.5, 0.6) is 0 Å². The molecule has 0 bridgehead atoms. The summed E-state index contributed by atoms with van der Waals surface area (Å²) in [5.74, 6) is 0.279. The average molecular weight is 338 g/mol. The summed E-state index contributed by atoms with van der Waals surface area (Å²) < 4.78 is 27.6. The van der Waals surface area contributed by atoms with Crippen molar-refractivity contribution in [3.05, 3.63) is 29.8 Å². The Morgan fingerprint density at radius 2 is 1.96 bits per heavy atom. The van der Waals surface area contributed by atoms with E-state index in [0.29, 0.717) is 18.0 Å². The second kappa shape index (κ2) is 7.93. The van der Waals surface area contributed by atoms with Gasteiger partial charge in [0.25, 0.3) is 5.91 Å². The predicted molar refractivity (Wildman–Crippen MR) is 90.8 cm³/mol. The van der Waals surface area contributed by atoms with Gasteiger partial charge in [0, 0.05) is 18.2 Å². The highest BCUT2D eigenvalue weighted by atomic mass is 32.2. The van der Waals surface area contributed by atoms with Gasteiger partial charge < -0.3 is 5.32 Å². The van der Waals surface area contributed by atoms with Crippen molar-refractivity contribution in [2.24, 2.45) is 5.92 Å². The summed E-state index contributed by atoms with van der Waals surface area (Å²) in [5.41, 5.74) is 0.378. The third-order valence-electron chi connectivity index (χ3n) is 4.09. The summed E-state index contributed by atoms with van der Waals surface area (Å²) in [7, 11) is -3.56. The zero-order valence-corrected chi connectivity index (χ0v) is 14.7. The molecule has 2 N–H and O–H groups in total. The van der Waals surface area contributed by atoms with E-state index in [1.165, 1.54) is 12.1 Å². The smallest absolute Gasteiger partial charge is 0.251 e. The molecule has 0 unspecified atom stereocenters. The Bertz CT molecular complexity index is 635. The van der Waals surface area contributed by atoms with Crippen molar-refractivity contribution in [3.8, 4) is 0 Å². The third-order valence-corrected chi connectivity index (χ3v) is 5.61. The summed E-state index contributed by atoms with van der Waals surface area (Å²) in [5, 5.41) is 2.83. The topological polar surface area (TPSA) is 75.3 Å². The lowest BCUT2D eigenvalue weighted by molar-refractivity contribution is 0.0952. The largest absolute Gasteiger partial charge is 0.352 e. The molecule has 1 saturated carbocycles. The lowest BCUT2D eigenvalue weighted by atomic mass is 10.1. The first-order valence-electron chi connectivity index (χ1n) is 8.29. The van der Waals surface area contributed by atoms with E-state index < -0.39 is 10.0 Å². The number of nitrogens with one attached hydrogen (secondary N) is 2. The van der Waals surface area contributed by atoms with E-state index >= 15 is 0 Å². The van der Waals surface area contributed by atoms with Crippen LogP contribution in [0, 0.1) is 5.92 Å². The van der Waals surface area contributed by atoms with Gasteiger partial charge in [0.15, 0.2) is 0 Å². The Kier molecular flexibility index (Phi) is 6.18. The fourth-order valence-electron chi connectivity index (χ4n) is 2.71. The molecule has 0 spiro atoms. The zero-order valence-electron chi connectivity index (χ0n) is 13.8. The molecule has 128 valence electrons. The molecular formula is C17H26N2O3S. The number of benzene rings is 1. The van der Waals surface area contributed by atoms with Crippen molar-refractivity contribution < 1.29 is 13.2 Å². The number of hydrogen-bond acceptors (Lipinski definition) is 3. The van der Waals surface area contributed by atoms with Crippen LogP contribution in [0.2, 0.25) is 0 Å². The molecule has 6 heteroatoms. The maximum Gasteiger partial charge on any atom is 0.251 e. The van der Waals surface area contributed by atoms with Gasteiger partial charge in [-0.05, 0) is 43.4 Å². The van der Waals surface area contributed by atoms with Crippen LogP contribution >= 0.6 is 0 Å². The highest BCUT2D eigenvalue weighted by molar-refractivity contribution is 7.89. The monoisotopic (exact) mass is 338 g/mol. The molecule has 2 rings (SSSR count). The molecule has 1 amide bonds. The summed E-state index contributed by atoms with van der Waals surface area (Å²) >= 11 is 0. The highest BCUT2D eigenvalue weighted by Gasteiger charge is 2.23. The van der Waals surface area contributed by atoms with Crippen molar-refractivity contribution >= 4 is 15.9 Å². The normalized spacial score (nSPS) is 16.0. The van der Waals surface area contributed by atoms with Crippen LogP contribution in [0.1, 0.15) is 56.3 Å². The lowest BCUT2D eigenvalue weighted by Crippen LogP contribution is -2.33. The van der Waals surface area contributed by atoms with Crippen LogP contribution in [-0.2, 0) is 10.0 Å². The molecule has 0 atom stereocenters. The van der Waals surface area contributed by atoms with Gasteiger partial charge in [-0.25, -0.2) is 13.1 Å². The SMILES string of the molecule is CC(C)CCNC(=O)c1cccc(S(=O)(=O)NC2CCCC2)c1. The minimum atomic E-state index is -3.56. The van der Waals surface area contributed by atoms with Gasteiger partial charge in [-0.2, -0.15) is 0 Å². The van der Waals surface area contributed by atoms with Crippen LogP contribution in [0.3, 0.4) is 0 Å². The van der Waals surface area contributed by atoms with Gasteiger partial charge in [0.1, 0.15) is 0 Å². The molecule has 1 aromatic rings. The number of amides is 1. The Morgan fingerprint density at radius 1 is 1.26 bits per heavy atom. The standard InChI is InChI=1S/C17H26N2O3S/c1-13(2)10-11-18-17(20)14-6-5-9-16(12-14)23(21,22)19-15-7-3-4-8-15/h5-6,9,12-13,15,19H,3-4,7-8,10-11H2,1-2H3,(H,18,20). The molecule has 1 aliphatic carbocycles. The van der Waals surface area contributed by atoms with E-state index in [1.54, 1.807) is 12.1 Å². The Balaban J connectivity index is 2.04. The Labute approximate surface area is 138 Å². The Morgan fingerprint density at radius 3 is 2.61 bits per heavy atom. The van der Waals surface area contributed by atoms with E-state index in [9.17, 15) is 13.2 Å². The lowest BCUT2D eigenvalue weighted by Gasteiger charge is -2.13. The first-order valence-corrected chi connectivity index (χ1v) is 9.77. The first kappa shape index (κ1) is 17.9. The predicted octanol–water partition coefficient (Wildman–Crippen LogP) is 2.68. The number of sulfonamides is 1.